The summed E-state index contributed by atoms with van der Waals surface area (Å²) in [5.74, 6) is 0.412. The molecule has 19 heavy (non-hydrogen) atoms. The second kappa shape index (κ2) is 6.46. The van der Waals surface area contributed by atoms with Gasteiger partial charge in [-0.15, -0.1) is 5.10 Å². The molecule has 2 rings (SSSR count). The van der Waals surface area contributed by atoms with Crippen molar-refractivity contribution in [2.75, 3.05) is 0 Å². The van der Waals surface area contributed by atoms with E-state index in [1.54, 1.807) is 16.8 Å². The minimum atomic E-state index is -0.761. The quantitative estimate of drug-likeness (QED) is 0.784. The summed E-state index contributed by atoms with van der Waals surface area (Å²) in [4.78, 5) is 10.4. The predicted octanol–water partition coefficient (Wildman–Crippen LogP) is 2.34. The zero-order valence-electron chi connectivity index (χ0n) is 10.1. The number of carboxylic acids is 1. The first-order valence-corrected chi connectivity index (χ1v) is 6.70. The van der Waals surface area contributed by atoms with Gasteiger partial charge >= 0.3 is 5.97 Å². The van der Waals surface area contributed by atoms with Gasteiger partial charge in [-0.1, -0.05) is 6.42 Å². The molecule has 102 valence electrons. The van der Waals surface area contributed by atoms with Crippen LogP contribution in [-0.4, -0.2) is 31.3 Å². The Balaban J connectivity index is 1.88. The summed E-state index contributed by atoms with van der Waals surface area (Å²) in [6.45, 7) is 0.639. The molecule has 2 aromatic heterocycles. The smallest absolute Gasteiger partial charge is 0.303 e. The van der Waals surface area contributed by atoms with E-state index >= 15 is 0 Å². The second-order valence-corrected chi connectivity index (χ2v) is 4.82. The van der Waals surface area contributed by atoms with Crippen molar-refractivity contribution in [1.29, 1.82) is 0 Å². The van der Waals surface area contributed by atoms with Crippen molar-refractivity contribution in [2.45, 2.75) is 32.2 Å². The van der Waals surface area contributed by atoms with E-state index in [4.69, 9.17) is 9.52 Å². The fraction of sp³-hybridized carbons (Fsp3) is 0.455. The van der Waals surface area contributed by atoms with E-state index in [-0.39, 0.29) is 6.42 Å². The maximum atomic E-state index is 10.4. The van der Waals surface area contributed by atoms with Gasteiger partial charge in [-0.3, -0.25) is 4.79 Å². The number of carbonyl (C=O) groups is 1. The van der Waals surface area contributed by atoms with Crippen LogP contribution in [0.1, 0.15) is 25.7 Å². The fourth-order valence-electron chi connectivity index (χ4n) is 1.68. The van der Waals surface area contributed by atoms with Gasteiger partial charge in [0.05, 0.1) is 0 Å². The molecule has 0 aliphatic rings. The molecular weight excluding hydrogens is 316 g/mol. The molecular formula is C11H13BrN4O3. The van der Waals surface area contributed by atoms with E-state index in [9.17, 15) is 4.79 Å². The number of carboxylic acid groups (broad SMARTS) is 1. The van der Waals surface area contributed by atoms with Crippen molar-refractivity contribution in [2.24, 2.45) is 0 Å². The maximum Gasteiger partial charge on any atom is 0.303 e. The van der Waals surface area contributed by atoms with Gasteiger partial charge in [0.2, 0.25) is 5.82 Å². The number of aryl methyl sites for hydroxylation is 1. The molecule has 0 bridgehead atoms. The van der Waals surface area contributed by atoms with Crippen LogP contribution >= 0.6 is 15.9 Å². The highest BCUT2D eigenvalue weighted by Gasteiger charge is 2.12. The Morgan fingerprint density at radius 1 is 1.37 bits per heavy atom. The summed E-state index contributed by atoms with van der Waals surface area (Å²) in [7, 11) is 0. The third-order valence-electron chi connectivity index (χ3n) is 2.59. The molecule has 0 aromatic carbocycles. The summed E-state index contributed by atoms with van der Waals surface area (Å²) >= 11 is 3.23. The normalized spacial score (nSPS) is 10.8. The van der Waals surface area contributed by atoms with Crippen LogP contribution in [0.5, 0.6) is 0 Å². The van der Waals surface area contributed by atoms with Crippen LogP contribution in [-0.2, 0) is 11.3 Å². The topological polar surface area (TPSA) is 94.0 Å². The van der Waals surface area contributed by atoms with Crippen LogP contribution in [0.15, 0.2) is 21.2 Å². The van der Waals surface area contributed by atoms with Crippen LogP contribution in [0.2, 0.25) is 0 Å². The molecule has 8 heteroatoms. The molecule has 0 fully saturated rings. The third kappa shape index (κ3) is 3.88. The Labute approximate surface area is 117 Å². The molecule has 1 N–H and O–H groups in total. The molecule has 0 radical (unpaired) electrons. The third-order valence-corrected chi connectivity index (χ3v) is 3.01. The van der Waals surface area contributed by atoms with Gasteiger partial charge < -0.3 is 9.52 Å². The summed E-state index contributed by atoms with van der Waals surface area (Å²) < 4.78 is 7.69. The Bertz CT molecular complexity index is 552. The summed E-state index contributed by atoms with van der Waals surface area (Å²) in [6.07, 6.45) is 2.52. The summed E-state index contributed by atoms with van der Waals surface area (Å²) in [5, 5.41) is 20.0. The van der Waals surface area contributed by atoms with Crippen LogP contribution in [0, 0.1) is 0 Å². The van der Waals surface area contributed by atoms with Crippen molar-refractivity contribution in [1.82, 2.24) is 20.2 Å². The monoisotopic (exact) mass is 328 g/mol. The standard InChI is InChI=1S/C11H13BrN4O3/c12-9-6-5-8(19-9)11-13-14-15-16(11)7-3-1-2-4-10(17)18/h5-6H,1-4,7H2,(H,17,18). The van der Waals surface area contributed by atoms with Crippen molar-refractivity contribution in [3.8, 4) is 11.6 Å². The number of furan rings is 1. The van der Waals surface area contributed by atoms with Crippen LogP contribution in [0.4, 0.5) is 0 Å². The minimum absolute atomic E-state index is 0.202. The van der Waals surface area contributed by atoms with Crippen LogP contribution < -0.4 is 0 Å². The van der Waals surface area contributed by atoms with Gasteiger partial charge in [0.25, 0.3) is 0 Å². The number of hydrogen-bond donors (Lipinski definition) is 1. The van der Waals surface area contributed by atoms with Crippen LogP contribution in [0.3, 0.4) is 0 Å². The molecule has 0 saturated heterocycles. The van der Waals surface area contributed by atoms with E-state index in [0.29, 0.717) is 29.2 Å². The molecule has 0 atom stereocenters. The number of nitrogens with zero attached hydrogens (tertiary/aromatic N) is 4. The number of aromatic nitrogens is 4. The van der Waals surface area contributed by atoms with E-state index in [0.717, 1.165) is 12.8 Å². The van der Waals surface area contributed by atoms with E-state index in [1.165, 1.54) is 0 Å². The highest BCUT2D eigenvalue weighted by Crippen LogP contribution is 2.22. The average Bonchev–Trinajstić information content (AvgIpc) is 2.96. The molecule has 0 amide bonds. The molecule has 0 aliphatic heterocycles. The Morgan fingerprint density at radius 2 is 2.21 bits per heavy atom. The van der Waals surface area contributed by atoms with Gasteiger partial charge in [-0.2, -0.15) is 0 Å². The van der Waals surface area contributed by atoms with Crippen molar-refractivity contribution < 1.29 is 14.3 Å². The van der Waals surface area contributed by atoms with Gasteiger partial charge in [-0.05, 0) is 51.3 Å². The lowest BCUT2D eigenvalue weighted by atomic mass is 10.2. The number of unbranched alkanes of at least 4 members (excludes halogenated alkanes) is 2. The predicted molar refractivity (Wildman–Crippen MR) is 69.3 cm³/mol. The number of rotatable bonds is 7. The molecule has 0 spiro atoms. The van der Waals surface area contributed by atoms with Gasteiger partial charge in [-0.25, -0.2) is 4.68 Å². The number of tetrazole rings is 1. The fourth-order valence-corrected chi connectivity index (χ4v) is 1.99. The lowest BCUT2D eigenvalue weighted by Crippen LogP contribution is -2.03. The minimum Gasteiger partial charge on any atom is -0.481 e. The van der Waals surface area contributed by atoms with E-state index in [1.807, 2.05) is 0 Å². The number of hydrogen-bond acceptors (Lipinski definition) is 5. The lowest BCUT2D eigenvalue weighted by molar-refractivity contribution is -0.137. The summed E-state index contributed by atoms with van der Waals surface area (Å²) in [5.41, 5.74) is 0. The molecule has 0 aliphatic carbocycles. The highest BCUT2D eigenvalue weighted by molar-refractivity contribution is 9.10. The van der Waals surface area contributed by atoms with Gasteiger partial charge in [0.15, 0.2) is 10.4 Å². The molecule has 0 unspecified atom stereocenters. The van der Waals surface area contributed by atoms with Crippen molar-refractivity contribution in [3.05, 3.63) is 16.8 Å². The zero-order valence-corrected chi connectivity index (χ0v) is 11.7. The van der Waals surface area contributed by atoms with Crippen LogP contribution in [0.25, 0.3) is 11.6 Å². The number of aliphatic carboxylic acids is 1. The Kier molecular flexibility index (Phi) is 4.67. The maximum absolute atomic E-state index is 10.4. The Morgan fingerprint density at radius 3 is 2.89 bits per heavy atom. The first-order valence-electron chi connectivity index (χ1n) is 5.90. The first-order chi connectivity index (χ1) is 9.16. The molecule has 0 saturated carbocycles. The molecule has 2 heterocycles. The summed E-state index contributed by atoms with van der Waals surface area (Å²) in [6, 6.07) is 3.57. The van der Waals surface area contributed by atoms with Crippen molar-refractivity contribution in [3.63, 3.8) is 0 Å². The SMILES string of the molecule is O=C(O)CCCCCn1nnnc1-c1ccc(Br)o1. The van der Waals surface area contributed by atoms with Gasteiger partial charge in [0.1, 0.15) is 0 Å². The van der Waals surface area contributed by atoms with E-state index < -0.39 is 5.97 Å². The largest absolute Gasteiger partial charge is 0.481 e. The van der Waals surface area contributed by atoms with Gasteiger partial charge in [0, 0.05) is 13.0 Å². The second-order valence-electron chi connectivity index (χ2n) is 4.03. The average molecular weight is 329 g/mol. The van der Waals surface area contributed by atoms with Crippen molar-refractivity contribution >= 4 is 21.9 Å². The zero-order chi connectivity index (χ0) is 13.7. The molecule has 2 aromatic rings. The Hall–Kier alpha value is -1.70. The van der Waals surface area contributed by atoms with E-state index in [2.05, 4.69) is 31.5 Å². The highest BCUT2D eigenvalue weighted by atomic mass is 79.9. The number of halogens is 1. The first kappa shape index (κ1) is 13.7. The molecule has 7 nitrogen and oxygen atoms in total. The lowest BCUT2D eigenvalue weighted by Gasteiger charge is -2.02.